The molecular weight excluding hydrogens is 929 g/mol. The van der Waals surface area contributed by atoms with Gasteiger partial charge in [-0.2, -0.15) is 13.2 Å². The standard InChI is InChI=1S/C47H62ClF3N8O8S/c1-8-28-22-46(28,42(62)63)56-40(60)34-20-30(23-59(34)41(61)39(45(5,6)7)55-44(64)67-29-10-9-27(4)19-29)66-36-21-32(33-24-68-43(54-33)52-26(2)3)53-38-31(36)11-12-35(37(38)48)65-18-17-57-13-15-58(16-14-57)25-47(49,50)51/h8,11-12,21,24,26-30,34,39H,1,9-10,13-20,22-23,25H2,2-7H3,(H,52,54)(H,55,64)(H,56,60)(H,62,63)/t27-,28-,29+,30-,34+,39-,46-/m1/s1. The van der Waals surface area contributed by atoms with Crippen LogP contribution in [-0.2, 0) is 19.1 Å². The highest BCUT2D eigenvalue weighted by atomic mass is 35.5. The monoisotopic (exact) mass is 990 g/mol. The van der Waals surface area contributed by atoms with Gasteiger partial charge in [-0.3, -0.25) is 19.4 Å². The topological polar surface area (TPSA) is 188 Å². The minimum absolute atomic E-state index is 0.0367. The van der Waals surface area contributed by atoms with Crippen molar-refractivity contribution in [2.45, 2.75) is 116 Å². The highest BCUT2D eigenvalue weighted by molar-refractivity contribution is 7.14. The highest BCUT2D eigenvalue weighted by Crippen LogP contribution is 2.45. The molecule has 2 saturated carbocycles. The summed E-state index contributed by atoms with van der Waals surface area (Å²) < 4.78 is 57.5. The van der Waals surface area contributed by atoms with Crippen molar-refractivity contribution in [3.63, 3.8) is 0 Å². The number of aromatic nitrogens is 2. The lowest BCUT2D eigenvalue weighted by molar-refractivity contribution is -0.149. The van der Waals surface area contributed by atoms with E-state index in [1.54, 1.807) is 39.0 Å². The molecule has 0 spiro atoms. The number of carboxylic acids is 1. The summed E-state index contributed by atoms with van der Waals surface area (Å²) in [7, 11) is 0. The average molecular weight is 992 g/mol. The maximum atomic E-state index is 14.8. The molecule has 0 radical (unpaired) electrons. The van der Waals surface area contributed by atoms with E-state index < -0.39 is 71.7 Å². The fraction of sp³-hybridized carbons (Fsp3) is 0.617. The SMILES string of the molecule is C=C[C@@H]1C[C@]1(NC(=O)[C@@H]1C[C@@H](Oc2cc(-c3csc(NC(C)C)n3)nc3c(Cl)c(OCCN4CCN(CC(F)(F)F)CC4)ccc23)CN1C(=O)[C@@H](NC(=O)O[C@H]1CC[C@@H](C)C1)C(C)(C)C)C(=O)O. The summed E-state index contributed by atoms with van der Waals surface area (Å²) in [6, 6.07) is 2.90. The highest BCUT2D eigenvalue weighted by Gasteiger charge is 2.61. The molecule has 1 aromatic carbocycles. The number of benzene rings is 1. The molecule has 0 unspecified atom stereocenters. The minimum Gasteiger partial charge on any atom is -0.491 e. The Morgan fingerprint density at radius 3 is 2.37 bits per heavy atom. The molecule has 4 N–H and O–H groups in total. The Morgan fingerprint density at radius 1 is 1.03 bits per heavy atom. The van der Waals surface area contributed by atoms with Gasteiger partial charge in [-0.05, 0) is 63.0 Å². The molecule has 21 heteroatoms. The number of carbonyl (C=O) groups is 4. The molecule has 2 aliphatic heterocycles. The van der Waals surface area contributed by atoms with Crippen molar-refractivity contribution in [2.24, 2.45) is 17.3 Å². The average Bonchev–Trinajstić information content (AvgIpc) is 3.56. The van der Waals surface area contributed by atoms with E-state index in [0.29, 0.717) is 77.3 Å². The molecule has 2 aliphatic carbocycles. The molecule has 2 saturated heterocycles. The molecule has 0 bridgehead atoms. The van der Waals surface area contributed by atoms with Crippen molar-refractivity contribution in [2.75, 3.05) is 57.7 Å². The molecule has 3 aromatic rings. The summed E-state index contributed by atoms with van der Waals surface area (Å²) >= 11 is 8.48. The Labute approximate surface area is 403 Å². The first-order valence-electron chi connectivity index (χ1n) is 23.2. The van der Waals surface area contributed by atoms with E-state index in [-0.39, 0.29) is 56.3 Å². The van der Waals surface area contributed by atoms with E-state index in [0.717, 1.165) is 6.42 Å². The summed E-state index contributed by atoms with van der Waals surface area (Å²) in [5.41, 5.74) is -1.16. The van der Waals surface area contributed by atoms with Crippen LogP contribution in [0.15, 0.2) is 36.2 Å². The van der Waals surface area contributed by atoms with Gasteiger partial charge in [0.2, 0.25) is 11.8 Å². The number of hydrogen-bond donors (Lipinski definition) is 4. The van der Waals surface area contributed by atoms with Crippen LogP contribution >= 0.6 is 22.9 Å². The van der Waals surface area contributed by atoms with E-state index in [1.165, 1.54) is 27.2 Å². The Balaban J connectivity index is 1.17. The predicted molar refractivity (Wildman–Crippen MR) is 252 cm³/mol. The zero-order valence-electron chi connectivity index (χ0n) is 39.3. The number of alkyl carbamates (subject to hydrolysis) is 1. The third kappa shape index (κ3) is 12.1. The maximum Gasteiger partial charge on any atom is 0.408 e. The Bertz CT molecular complexity index is 2360. The van der Waals surface area contributed by atoms with Crippen LogP contribution in [0, 0.1) is 17.3 Å². The van der Waals surface area contributed by atoms with Gasteiger partial charge in [0.05, 0.1) is 24.3 Å². The van der Waals surface area contributed by atoms with Gasteiger partial charge < -0.3 is 40.2 Å². The number of thiazole rings is 1. The van der Waals surface area contributed by atoms with E-state index >= 15 is 0 Å². The van der Waals surface area contributed by atoms with Crippen molar-refractivity contribution in [3.05, 3.63) is 41.3 Å². The maximum absolute atomic E-state index is 14.8. The number of anilines is 1. The number of alkyl halides is 3. The molecule has 4 heterocycles. The van der Waals surface area contributed by atoms with E-state index in [1.807, 2.05) is 24.1 Å². The second-order valence-electron chi connectivity index (χ2n) is 19.9. The van der Waals surface area contributed by atoms with Crippen molar-refractivity contribution in [3.8, 4) is 22.9 Å². The second-order valence-corrected chi connectivity index (χ2v) is 21.1. The molecule has 4 aliphatic rings. The van der Waals surface area contributed by atoms with Crippen LogP contribution in [0.5, 0.6) is 11.5 Å². The van der Waals surface area contributed by atoms with E-state index in [9.17, 15) is 37.5 Å². The van der Waals surface area contributed by atoms with Crippen molar-refractivity contribution in [1.82, 2.24) is 35.3 Å². The predicted octanol–water partition coefficient (Wildman–Crippen LogP) is 7.21. The number of rotatable bonds is 17. The van der Waals surface area contributed by atoms with Gasteiger partial charge in [-0.15, -0.1) is 17.9 Å². The van der Waals surface area contributed by atoms with Gasteiger partial charge >= 0.3 is 18.2 Å². The van der Waals surface area contributed by atoms with Gasteiger partial charge in [0.25, 0.3) is 0 Å². The Morgan fingerprint density at radius 2 is 1.75 bits per heavy atom. The molecule has 372 valence electrons. The second kappa shape index (κ2) is 20.6. The number of carboxylic acid groups (broad SMARTS) is 1. The third-order valence-electron chi connectivity index (χ3n) is 13.0. The lowest BCUT2D eigenvalue weighted by Gasteiger charge is -2.35. The lowest BCUT2D eigenvalue weighted by Crippen LogP contribution is -2.59. The van der Waals surface area contributed by atoms with Crippen LogP contribution in [0.2, 0.25) is 5.02 Å². The summed E-state index contributed by atoms with van der Waals surface area (Å²) in [6.07, 6.45) is -2.16. The Hall–Kier alpha value is -4.92. The molecular formula is C47H62ClF3N8O8S. The summed E-state index contributed by atoms with van der Waals surface area (Å²) in [5, 5.41) is 22.2. The van der Waals surface area contributed by atoms with Gasteiger partial charge in [0.1, 0.15) is 58.7 Å². The third-order valence-corrected chi connectivity index (χ3v) is 14.2. The van der Waals surface area contributed by atoms with Crippen LogP contribution in [0.1, 0.15) is 73.6 Å². The van der Waals surface area contributed by atoms with Crippen molar-refractivity contribution < 1.29 is 51.7 Å². The minimum atomic E-state index is -4.25. The quantitative estimate of drug-likeness (QED) is 0.0995. The first-order valence-corrected chi connectivity index (χ1v) is 24.4. The number of carbonyl (C=O) groups excluding carboxylic acids is 3. The van der Waals surface area contributed by atoms with Crippen LogP contribution in [0.25, 0.3) is 22.3 Å². The molecule has 16 nitrogen and oxygen atoms in total. The fourth-order valence-electron chi connectivity index (χ4n) is 9.22. The molecule has 7 atom stereocenters. The van der Waals surface area contributed by atoms with Gasteiger partial charge in [-0.25, -0.2) is 19.6 Å². The smallest absolute Gasteiger partial charge is 0.408 e. The number of nitrogens with one attached hydrogen (secondary N) is 3. The summed E-state index contributed by atoms with van der Waals surface area (Å²) in [5.74, 6) is -1.94. The Kier molecular flexibility index (Phi) is 15.4. The molecule has 7 rings (SSSR count). The van der Waals surface area contributed by atoms with E-state index in [4.69, 9.17) is 35.8 Å². The number of aliphatic carboxylic acids is 1. The normalized spacial score (nSPS) is 25.0. The number of pyridine rings is 1. The largest absolute Gasteiger partial charge is 0.491 e. The first kappa shape index (κ1) is 50.9. The van der Waals surface area contributed by atoms with Crippen LogP contribution in [-0.4, -0.2) is 148 Å². The number of piperazine rings is 1. The van der Waals surface area contributed by atoms with Gasteiger partial charge in [-0.1, -0.05) is 45.4 Å². The van der Waals surface area contributed by atoms with Gasteiger partial charge in [0.15, 0.2) is 5.13 Å². The van der Waals surface area contributed by atoms with Crippen LogP contribution in [0.3, 0.4) is 0 Å². The van der Waals surface area contributed by atoms with Crippen molar-refractivity contribution >= 4 is 62.8 Å². The number of nitrogens with zero attached hydrogens (tertiary/aromatic N) is 5. The molecule has 3 amide bonds. The zero-order valence-corrected chi connectivity index (χ0v) is 40.9. The molecule has 68 heavy (non-hydrogen) atoms. The van der Waals surface area contributed by atoms with Crippen molar-refractivity contribution in [1.29, 1.82) is 0 Å². The zero-order chi connectivity index (χ0) is 49.3. The summed E-state index contributed by atoms with van der Waals surface area (Å²) in [4.78, 5) is 69.4. The fourth-order valence-corrected chi connectivity index (χ4v) is 10.3. The number of amides is 3. The van der Waals surface area contributed by atoms with Crippen LogP contribution < -0.4 is 25.4 Å². The lowest BCUT2D eigenvalue weighted by atomic mass is 9.85. The van der Waals surface area contributed by atoms with Crippen LogP contribution in [0.4, 0.5) is 23.1 Å². The first-order chi connectivity index (χ1) is 32.0. The number of fused-ring (bicyclic) bond motifs is 1. The number of ether oxygens (including phenoxy) is 3. The molecule has 2 aromatic heterocycles. The number of halogens is 4. The molecule has 4 fully saturated rings. The number of likely N-dealkylation sites (tertiary alicyclic amines) is 1. The van der Waals surface area contributed by atoms with Gasteiger partial charge in [0, 0.05) is 67.9 Å². The number of hydrogen-bond acceptors (Lipinski definition) is 13. The van der Waals surface area contributed by atoms with E-state index in [2.05, 4.69) is 29.5 Å². The summed E-state index contributed by atoms with van der Waals surface area (Å²) in [6.45, 7) is 16.3.